The van der Waals surface area contributed by atoms with Crippen molar-refractivity contribution in [1.82, 2.24) is 25.4 Å². The normalized spacial score (nSPS) is 20.1. The lowest BCUT2D eigenvalue weighted by molar-refractivity contribution is 0.0964. The van der Waals surface area contributed by atoms with Crippen LogP contribution < -0.4 is 10.0 Å². The number of halogens is 2. The summed E-state index contributed by atoms with van der Waals surface area (Å²) in [5.41, 5.74) is 1.47. The van der Waals surface area contributed by atoms with E-state index >= 15 is 0 Å². The Kier molecular flexibility index (Phi) is 5.39. The van der Waals surface area contributed by atoms with Gasteiger partial charge in [0.05, 0.1) is 23.2 Å². The molecule has 0 spiro atoms. The van der Waals surface area contributed by atoms with Crippen molar-refractivity contribution >= 4 is 32.6 Å². The number of pyridine rings is 1. The van der Waals surface area contributed by atoms with E-state index in [1.54, 1.807) is 24.3 Å². The molecule has 4 aromatic rings. The first-order chi connectivity index (χ1) is 16.2. The number of hydrogen-bond acceptors (Lipinski definition) is 7. The van der Waals surface area contributed by atoms with Gasteiger partial charge in [-0.3, -0.25) is 14.8 Å². The minimum absolute atomic E-state index is 0.189. The molecule has 1 aliphatic carbocycles. The van der Waals surface area contributed by atoms with Crippen LogP contribution in [-0.4, -0.2) is 52.8 Å². The van der Waals surface area contributed by atoms with Gasteiger partial charge in [-0.25, -0.2) is 17.2 Å². The molecule has 1 saturated carbocycles. The second-order valence-corrected chi connectivity index (χ2v) is 10.2. The lowest BCUT2D eigenvalue weighted by Gasteiger charge is -2.44. The third-order valence-corrected chi connectivity index (χ3v) is 6.46. The van der Waals surface area contributed by atoms with Gasteiger partial charge in [-0.15, -0.1) is 10.2 Å². The molecule has 0 atom stereocenters. The number of nitrogens with zero attached hydrogens (tertiary/aromatic N) is 4. The van der Waals surface area contributed by atoms with E-state index in [0.29, 0.717) is 22.4 Å². The predicted molar refractivity (Wildman–Crippen MR) is 124 cm³/mol. The third kappa shape index (κ3) is 4.28. The molecule has 0 radical (unpaired) electrons. The van der Waals surface area contributed by atoms with Gasteiger partial charge in [-0.2, -0.15) is 5.10 Å². The number of benzene rings is 1. The van der Waals surface area contributed by atoms with Crippen molar-refractivity contribution in [2.45, 2.75) is 24.4 Å². The molecule has 34 heavy (non-hydrogen) atoms. The van der Waals surface area contributed by atoms with E-state index in [9.17, 15) is 17.2 Å². The van der Waals surface area contributed by atoms with E-state index in [2.05, 4.69) is 35.4 Å². The number of nitrogens with one attached hydrogen (secondary N) is 3. The number of aromatic amines is 1. The second-order valence-electron chi connectivity index (χ2n) is 8.48. The number of sulfonamides is 1. The summed E-state index contributed by atoms with van der Waals surface area (Å²) in [7, 11) is -3.48. The zero-order chi connectivity index (χ0) is 23.9. The average molecular weight is 486 g/mol. The van der Waals surface area contributed by atoms with Gasteiger partial charge < -0.3 is 5.32 Å². The maximum atomic E-state index is 14.3. The van der Waals surface area contributed by atoms with Gasteiger partial charge in [0.2, 0.25) is 10.0 Å². The Balaban J connectivity index is 1.34. The fourth-order valence-electron chi connectivity index (χ4n) is 4.25. The molecule has 0 amide bonds. The van der Waals surface area contributed by atoms with Crippen molar-refractivity contribution in [1.29, 1.82) is 0 Å². The zero-order valence-electron chi connectivity index (χ0n) is 18.1. The predicted octanol–water partition coefficient (Wildman–Crippen LogP) is 3.41. The van der Waals surface area contributed by atoms with Gasteiger partial charge in [-0.1, -0.05) is 6.07 Å². The molecular weight excluding hydrogens is 464 g/mol. The molecule has 1 fully saturated rings. The van der Waals surface area contributed by atoms with Crippen molar-refractivity contribution in [2.24, 2.45) is 0 Å². The number of H-pyrrole nitrogens is 1. The first-order valence-corrected chi connectivity index (χ1v) is 12.4. The lowest BCUT2D eigenvalue weighted by Crippen LogP contribution is -2.49. The first kappa shape index (κ1) is 22.1. The summed E-state index contributed by atoms with van der Waals surface area (Å²) in [6.45, 7) is 0.275. The van der Waals surface area contributed by atoms with Crippen LogP contribution in [0.4, 0.5) is 20.4 Å². The maximum Gasteiger partial charge on any atom is 0.231 e. The Morgan fingerprint density at radius 1 is 1.18 bits per heavy atom. The van der Waals surface area contributed by atoms with Gasteiger partial charge in [0, 0.05) is 29.1 Å². The molecule has 1 aliphatic rings. The van der Waals surface area contributed by atoms with Crippen LogP contribution in [0.5, 0.6) is 0 Å². The standard InChI is InChI=1S/C22H21F2N7O2S/c1-34(32,33)31-21-15-9-13(4-5-18(15)28-30-21)17-6-7-19(29-27-17)26-12-22(10-14(23)11-22)20-16(24)3-2-8-25-20/h2-9,14H,10-12H2,1H3,(H,26,29)(H2,28,30,31)/t14-,22-. The Morgan fingerprint density at radius 2 is 2.00 bits per heavy atom. The fraction of sp³-hybridized carbons (Fsp3) is 0.273. The Hall–Kier alpha value is -3.67. The largest absolute Gasteiger partial charge is 0.368 e. The minimum atomic E-state index is -3.48. The third-order valence-electron chi connectivity index (χ3n) is 5.90. The number of anilines is 2. The molecular formula is C22H21F2N7O2S. The monoisotopic (exact) mass is 485 g/mol. The highest BCUT2D eigenvalue weighted by molar-refractivity contribution is 7.92. The maximum absolute atomic E-state index is 14.3. The summed E-state index contributed by atoms with van der Waals surface area (Å²) < 4.78 is 53.6. The lowest BCUT2D eigenvalue weighted by atomic mass is 9.65. The van der Waals surface area contributed by atoms with Crippen molar-refractivity contribution in [3.05, 3.63) is 60.2 Å². The minimum Gasteiger partial charge on any atom is -0.368 e. The summed E-state index contributed by atoms with van der Waals surface area (Å²) in [6.07, 6.45) is 1.95. The summed E-state index contributed by atoms with van der Waals surface area (Å²) in [5.74, 6) is 0.215. The number of hydrogen-bond donors (Lipinski definition) is 3. The summed E-state index contributed by atoms with van der Waals surface area (Å²) in [6, 6.07) is 11.7. The molecule has 3 heterocycles. The van der Waals surface area contributed by atoms with Crippen LogP contribution in [0.1, 0.15) is 18.5 Å². The number of rotatable bonds is 7. The van der Waals surface area contributed by atoms with Crippen molar-refractivity contribution in [2.75, 3.05) is 22.8 Å². The highest BCUT2D eigenvalue weighted by Crippen LogP contribution is 2.45. The highest BCUT2D eigenvalue weighted by atomic mass is 32.2. The summed E-state index contributed by atoms with van der Waals surface area (Å²) >= 11 is 0. The second kappa shape index (κ2) is 8.28. The zero-order valence-corrected chi connectivity index (χ0v) is 18.9. The van der Waals surface area contributed by atoms with Gasteiger partial charge in [-0.05, 0) is 49.2 Å². The molecule has 0 saturated heterocycles. The van der Waals surface area contributed by atoms with Crippen LogP contribution in [0.25, 0.3) is 22.2 Å². The molecule has 0 bridgehead atoms. The Morgan fingerprint density at radius 3 is 2.68 bits per heavy atom. The molecule has 0 aliphatic heterocycles. The van der Waals surface area contributed by atoms with E-state index in [-0.39, 0.29) is 30.9 Å². The van der Waals surface area contributed by atoms with Crippen LogP contribution in [0, 0.1) is 5.82 Å². The highest BCUT2D eigenvalue weighted by Gasteiger charge is 2.48. The fourth-order valence-corrected chi connectivity index (χ4v) is 4.76. The van der Waals surface area contributed by atoms with Crippen LogP contribution >= 0.6 is 0 Å². The van der Waals surface area contributed by atoms with Gasteiger partial charge >= 0.3 is 0 Å². The smallest absolute Gasteiger partial charge is 0.231 e. The average Bonchev–Trinajstić information content (AvgIpc) is 3.17. The van der Waals surface area contributed by atoms with Gasteiger partial charge in [0.15, 0.2) is 5.82 Å². The van der Waals surface area contributed by atoms with Crippen LogP contribution in [0.3, 0.4) is 0 Å². The number of aromatic nitrogens is 5. The molecule has 3 aromatic heterocycles. The van der Waals surface area contributed by atoms with Crippen LogP contribution in [0.15, 0.2) is 48.7 Å². The molecule has 176 valence electrons. The summed E-state index contributed by atoms with van der Waals surface area (Å²) in [4.78, 5) is 4.15. The van der Waals surface area contributed by atoms with Crippen molar-refractivity contribution in [3.63, 3.8) is 0 Å². The van der Waals surface area contributed by atoms with Gasteiger partial charge in [0.1, 0.15) is 17.8 Å². The van der Waals surface area contributed by atoms with Crippen LogP contribution in [-0.2, 0) is 15.4 Å². The Bertz CT molecular complexity index is 1450. The van der Waals surface area contributed by atoms with Crippen LogP contribution in [0.2, 0.25) is 0 Å². The van der Waals surface area contributed by atoms with E-state index in [0.717, 1.165) is 11.8 Å². The van der Waals surface area contributed by atoms with E-state index in [4.69, 9.17) is 0 Å². The van der Waals surface area contributed by atoms with Crippen molar-refractivity contribution in [3.8, 4) is 11.3 Å². The van der Waals surface area contributed by atoms with E-state index < -0.39 is 27.4 Å². The summed E-state index contributed by atoms with van der Waals surface area (Å²) in [5, 5.41) is 19.0. The number of fused-ring (bicyclic) bond motifs is 1. The number of alkyl halides is 1. The molecule has 9 nitrogen and oxygen atoms in total. The molecule has 3 N–H and O–H groups in total. The molecule has 5 rings (SSSR count). The first-order valence-electron chi connectivity index (χ1n) is 10.5. The Labute approximate surface area is 194 Å². The molecule has 12 heteroatoms. The topological polar surface area (TPSA) is 126 Å². The van der Waals surface area contributed by atoms with E-state index in [1.807, 2.05) is 6.07 Å². The molecule has 1 aromatic carbocycles. The van der Waals surface area contributed by atoms with Gasteiger partial charge in [0.25, 0.3) is 0 Å². The molecule has 0 unspecified atom stereocenters. The quantitative estimate of drug-likeness (QED) is 0.366. The van der Waals surface area contributed by atoms with E-state index in [1.165, 1.54) is 18.3 Å². The van der Waals surface area contributed by atoms with Crippen molar-refractivity contribution < 1.29 is 17.2 Å². The SMILES string of the molecule is CS(=O)(=O)Nc1n[nH]c2ccc(-c3ccc(NC[C@]4(c5ncccc5F)C[C@H](F)C4)nn3)cc12.